The van der Waals surface area contributed by atoms with E-state index in [0.29, 0.717) is 18.2 Å². The Labute approximate surface area is 160 Å². The Morgan fingerprint density at radius 1 is 1.30 bits per heavy atom. The summed E-state index contributed by atoms with van der Waals surface area (Å²) < 4.78 is 10.9. The van der Waals surface area contributed by atoms with Crippen LogP contribution in [-0.4, -0.2) is 23.5 Å². The zero-order valence-electron chi connectivity index (χ0n) is 15.9. The van der Waals surface area contributed by atoms with Gasteiger partial charge in [-0.1, -0.05) is 25.0 Å². The van der Waals surface area contributed by atoms with E-state index in [2.05, 4.69) is 10.3 Å². The molecule has 3 N–H and O–H groups in total. The quantitative estimate of drug-likeness (QED) is 0.815. The number of methoxy groups -OCH3 is 1. The zero-order chi connectivity index (χ0) is 19.3. The molecule has 6 heteroatoms. The van der Waals surface area contributed by atoms with Gasteiger partial charge in [-0.2, -0.15) is 0 Å². The summed E-state index contributed by atoms with van der Waals surface area (Å²) in [5.41, 5.74) is 6.80. The highest BCUT2D eigenvalue weighted by Gasteiger charge is 2.37. The molecule has 1 heterocycles. The van der Waals surface area contributed by atoms with Crippen molar-refractivity contribution in [2.45, 2.75) is 44.7 Å². The van der Waals surface area contributed by atoms with Gasteiger partial charge in [-0.25, -0.2) is 4.98 Å². The summed E-state index contributed by atoms with van der Waals surface area (Å²) in [6.45, 7) is 2.40. The first-order valence-electron chi connectivity index (χ1n) is 9.31. The van der Waals surface area contributed by atoms with Crippen molar-refractivity contribution >= 4 is 5.91 Å². The molecule has 2 unspecified atom stereocenters. The minimum absolute atomic E-state index is 0.0245. The van der Waals surface area contributed by atoms with Gasteiger partial charge in [0.2, 0.25) is 11.8 Å². The maximum atomic E-state index is 12.5. The van der Waals surface area contributed by atoms with Gasteiger partial charge in [0, 0.05) is 30.4 Å². The van der Waals surface area contributed by atoms with Crippen molar-refractivity contribution in [2.75, 3.05) is 7.11 Å². The Hall–Kier alpha value is -2.60. The second-order valence-electron chi connectivity index (χ2n) is 7.31. The van der Waals surface area contributed by atoms with Crippen LogP contribution < -0.4 is 20.5 Å². The van der Waals surface area contributed by atoms with Gasteiger partial charge >= 0.3 is 0 Å². The molecule has 0 radical (unpaired) electrons. The van der Waals surface area contributed by atoms with Crippen molar-refractivity contribution in [3.63, 3.8) is 0 Å². The van der Waals surface area contributed by atoms with Crippen LogP contribution in [0.1, 0.15) is 38.2 Å². The molecule has 144 valence electrons. The Morgan fingerprint density at radius 3 is 2.81 bits per heavy atom. The molecule has 1 aromatic carbocycles. The number of nitrogens with one attached hydrogen (secondary N) is 1. The Kier molecular flexibility index (Phi) is 5.96. The van der Waals surface area contributed by atoms with E-state index in [1.165, 1.54) is 0 Å². The maximum Gasteiger partial charge on any atom is 0.225 e. The number of nitrogens with two attached hydrogens (primary N) is 1. The molecule has 2 aromatic rings. The lowest BCUT2D eigenvalue weighted by Gasteiger charge is -2.37. The van der Waals surface area contributed by atoms with Gasteiger partial charge in [0.05, 0.1) is 13.0 Å². The smallest absolute Gasteiger partial charge is 0.225 e. The predicted molar refractivity (Wildman–Crippen MR) is 104 cm³/mol. The van der Waals surface area contributed by atoms with E-state index in [1.807, 2.05) is 31.2 Å². The molecule has 6 nitrogen and oxygen atoms in total. The molecular weight excluding hydrogens is 342 g/mol. The van der Waals surface area contributed by atoms with E-state index >= 15 is 0 Å². The minimum Gasteiger partial charge on any atom is -0.497 e. The second kappa shape index (κ2) is 8.39. The number of hydrogen-bond acceptors (Lipinski definition) is 5. The number of amides is 1. The number of nitrogens with zero attached hydrogens (tertiary/aromatic N) is 1. The van der Waals surface area contributed by atoms with Gasteiger partial charge in [-0.3, -0.25) is 4.79 Å². The van der Waals surface area contributed by atoms with Crippen LogP contribution in [0.5, 0.6) is 17.4 Å². The van der Waals surface area contributed by atoms with E-state index in [9.17, 15) is 4.79 Å². The third kappa shape index (κ3) is 4.98. The highest BCUT2D eigenvalue weighted by molar-refractivity contribution is 5.80. The molecule has 0 saturated heterocycles. The summed E-state index contributed by atoms with van der Waals surface area (Å²) in [5, 5.41) is 2.99. The summed E-state index contributed by atoms with van der Waals surface area (Å²) in [6.07, 6.45) is 5.60. The summed E-state index contributed by atoms with van der Waals surface area (Å²) >= 11 is 0. The Bertz CT molecular complexity index is 774. The van der Waals surface area contributed by atoms with Crippen molar-refractivity contribution in [2.24, 2.45) is 11.7 Å². The number of ether oxygens (including phenoxy) is 2. The first-order chi connectivity index (χ1) is 13.0. The van der Waals surface area contributed by atoms with E-state index in [-0.39, 0.29) is 11.8 Å². The lowest BCUT2D eigenvalue weighted by Crippen LogP contribution is -2.52. The average Bonchev–Trinajstić information content (AvgIpc) is 2.67. The van der Waals surface area contributed by atoms with Crippen molar-refractivity contribution in [3.05, 3.63) is 48.2 Å². The Balaban J connectivity index is 1.55. The number of rotatable bonds is 6. The number of carbonyl (C=O) groups is 1. The van der Waals surface area contributed by atoms with E-state index in [1.54, 1.807) is 25.4 Å². The van der Waals surface area contributed by atoms with Crippen LogP contribution in [0.4, 0.5) is 0 Å². The molecule has 2 atom stereocenters. The van der Waals surface area contributed by atoms with Crippen LogP contribution in [-0.2, 0) is 11.3 Å². The molecule has 1 aliphatic rings. The zero-order valence-corrected chi connectivity index (χ0v) is 15.9. The maximum absolute atomic E-state index is 12.5. The number of hydrogen-bond donors (Lipinski definition) is 2. The lowest BCUT2D eigenvalue weighted by atomic mass is 9.74. The van der Waals surface area contributed by atoms with Gasteiger partial charge < -0.3 is 20.5 Å². The van der Waals surface area contributed by atoms with Crippen LogP contribution in [0.3, 0.4) is 0 Å². The first kappa shape index (κ1) is 19.2. The normalized spacial score (nSPS) is 22.1. The fourth-order valence-electron chi connectivity index (χ4n) is 3.46. The Morgan fingerprint density at radius 2 is 2.11 bits per heavy atom. The van der Waals surface area contributed by atoms with Crippen molar-refractivity contribution in [1.29, 1.82) is 0 Å². The van der Waals surface area contributed by atoms with Crippen LogP contribution in [0, 0.1) is 5.92 Å². The second-order valence-corrected chi connectivity index (χ2v) is 7.31. The van der Waals surface area contributed by atoms with Crippen molar-refractivity contribution in [1.82, 2.24) is 10.3 Å². The van der Waals surface area contributed by atoms with Crippen LogP contribution >= 0.6 is 0 Å². The monoisotopic (exact) mass is 369 g/mol. The fourth-order valence-corrected chi connectivity index (χ4v) is 3.46. The summed E-state index contributed by atoms with van der Waals surface area (Å²) in [6, 6.07) is 11.0. The predicted octanol–water partition coefficient (Wildman–Crippen LogP) is 3.41. The third-order valence-corrected chi connectivity index (χ3v) is 5.10. The van der Waals surface area contributed by atoms with Crippen LogP contribution in [0.2, 0.25) is 0 Å². The van der Waals surface area contributed by atoms with E-state index < -0.39 is 5.54 Å². The lowest BCUT2D eigenvalue weighted by molar-refractivity contribution is -0.128. The number of pyridine rings is 1. The molecule has 1 aromatic heterocycles. The van der Waals surface area contributed by atoms with Gasteiger partial charge in [0.1, 0.15) is 11.5 Å². The summed E-state index contributed by atoms with van der Waals surface area (Å²) in [7, 11) is 1.61. The molecule has 1 saturated carbocycles. The SMILES string of the molecule is COc1cccc(Oc2ccc(CNC(=O)C3CCCCC3(C)N)cn2)c1. The highest BCUT2D eigenvalue weighted by Crippen LogP contribution is 2.31. The molecule has 0 aliphatic heterocycles. The van der Waals surface area contributed by atoms with Crippen molar-refractivity contribution in [3.8, 4) is 17.4 Å². The van der Waals surface area contributed by atoms with Gasteiger partial charge in [-0.05, 0) is 37.5 Å². The van der Waals surface area contributed by atoms with Crippen LogP contribution in [0.15, 0.2) is 42.6 Å². The van der Waals surface area contributed by atoms with Gasteiger partial charge in [0.15, 0.2) is 0 Å². The molecule has 1 amide bonds. The summed E-state index contributed by atoms with van der Waals surface area (Å²) in [4.78, 5) is 16.8. The number of carbonyl (C=O) groups excluding carboxylic acids is 1. The minimum atomic E-state index is -0.422. The molecule has 27 heavy (non-hydrogen) atoms. The van der Waals surface area contributed by atoms with Crippen molar-refractivity contribution < 1.29 is 14.3 Å². The summed E-state index contributed by atoms with van der Waals surface area (Å²) in [5.74, 6) is 1.76. The third-order valence-electron chi connectivity index (χ3n) is 5.10. The molecule has 3 rings (SSSR count). The topological polar surface area (TPSA) is 86.5 Å². The average molecular weight is 369 g/mol. The highest BCUT2D eigenvalue weighted by atomic mass is 16.5. The molecule has 1 fully saturated rings. The number of benzene rings is 1. The molecule has 0 bridgehead atoms. The van der Waals surface area contributed by atoms with E-state index in [4.69, 9.17) is 15.2 Å². The van der Waals surface area contributed by atoms with Gasteiger partial charge in [0.25, 0.3) is 0 Å². The largest absolute Gasteiger partial charge is 0.497 e. The molecular formula is C21H27N3O3. The standard InChI is InChI=1S/C21H27N3O3/c1-21(22)11-4-3-8-18(21)20(25)24-14-15-9-10-19(23-13-15)27-17-7-5-6-16(12-17)26-2/h5-7,9-10,12-13,18H,3-4,8,11,14,22H2,1-2H3,(H,24,25). The fraction of sp³-hybridized carbons (Fsp3) is 0.429. The molecule has 1 aliphatic carbocycles. The first-order valence-corrected chi connectivity index (χ1v) is 9.31. The van der Waals surface area contributed by atoms with E-state index in [0.717, 1.165) is 37.0 Å². The molecule has 0 spiro atoms. The number of aromatic nitrogens is 1. The van der Waals surface area contributed by atoms with Gasteiger partial charge in [-0.15, -0.1) is 0 Å². The van der Waals surface area contributed by atoms with Crippen LogP contribution in [0.25, 0.3) is 0 Å².